The van der Waals surface area contributed by atoms with E-state index in [1.807, 2.05) is 24.3 Å². The van der Waals surface area contributed by atoms with Crippen molar-refractivity contribution in [2.24, 2.45) is 5.92 Å². The topological polar surface area (TPSA) is 42.0 Å². The third kappa shape index (κ3) is 2.96. The van der Waals surface area contributed by atoms with Gasteiger partial charge in [0.25, 0.3) is 0 Å². The smallest absolute Gasteiger partial charge is 0.234 e. The molecule has 1 saturated heterocycles. The van der Waals surface area contributed by atoms with Crippen molar-refractivity contribution in [1.29, 1.82) is 0 Å². The van der Waals surface area contributed by atoms with Crippen molar-refractivity contribution in [3.05, 3.63) is 71.0 Å². The first kappa shape index (κ1) is 15.7. The molecular weight excluding hydrogens is 340 g/mol. The van der Waals surface area contributed by atoms with Crippen molar-refractivity contribution in [3.8, 4) is 0 Å². The highest BCUT2D eigenvalue weighted by molar-refractivity contribution is 8.09. The van der Waals surface area contributed by atoms with Crippen molar-refractivity contribution in [2.45, 2.75) is 17.6 Å². The molecule has 2 aromatic rings. The lowest BCUT2D eigenvalue weighted by Crippen LogP contribution is -2.33. The number of thioether (sulfide) groups is 1. The number of pyridine rings is 1. The van der Waals surface area contributed by atoms with Gasteiger partial charge in [-0.25, -0.2) is 0 Å². The maximum atomic E-state index is 12.5. The van der Waals surface area contributed by atoms with Gasteiger partial charge in [-0.05, 0) is 47.7 Å². The van der Waals surface area contributed by atoms with Crippen LogP contribution in [0.15, 0.2) is 54.9 Å². The van der Waals surface area contributed by atoms with Crippen LogP contribution in [0.1, 0.15) is 23.5 Å². The zero-order chi connectivity index (χ0) is 16.5. The molecule has 1 amide bonds. The summed E-state index contributed by atoms with van der Waals surface area (Å²) in [5, 5.41) is 3.74. The van der Waals surface area contributed by atoms with E-state index in [4.69, 9.17) is 11.6 Å². The van der Waals surface area contributed by atoms with E-state index in [-0.39, 0.29) is 17.1 Å². The molecule has 1 fully saturated rings. The number of hydrogen-bond donors (Lipinski definition) is 1. The maximum absolute atomic E-state index is 12.5. The fourth-order valence-corrected chi connectivity index (χ4v) is 5.02. The van der Waals surface area contributed by atoms with Crippen LogP contribution in [0.4, 0.5) is 0 Å². The van der Waals surface area contributed by atoms with Crippen LogP contribution in [0.25, 0.3) is 4.91 Å². The molecule has 0 saturated carbocycles. The fourth-order valence-electron chi connectivity index (χ4n) is 3.50. The van der Waals surface area contributed by atoms with Gasteiger partial charge >= 0.3 is 0 Å². The van der Waals surface area contributed by atoms with Crippen molar-refractivity contribution >= 4 is 34.2 Å². The summed E-state index contributed by atoms with van der Waals surface area (Å²) in [4.78, 5) is 17.8. The zero-order valence-electron chi connectivity index (χ0n) is 13.0. The molecular formula is C19H17ClN2OS. The van der Waals surface area contributed by atoms with Crippen LogP contribution in [-0.2, 0) is 4.79 Å². The summed E-state index contributed by atoms with van der Waals surface area (Å²) in [6.07, 6.45) is 6.80. The number of carbonyl (C=O) groups is 1. The third-order valence-electron chi connectivity index (χ3n) is 4.69. The molecule has 0 bridgehead atoms. The minimum absolute atomic E-state index is 0.0728. The number of fused-ring (bicyclic) bond motifs is 1. The van der Waals surface area contributed by atoms with Gasteiger partial charge in [-0.1, -0.05) is 29.8 Å². The SMILES string of the molecule is O=C1NCCC(c2ccc(Cl)cc2)C2C=C(c3ccncc3)SC12. The van der Waals surface area contributed by atoms with Gasteiger partial charge in [0.05, 0.1) is 5.25 Å². The Morgan fingerprint density at radius 1 is 1.12 bits per heavy atom. The number of nitrogens with one attached hydrogen (secondary N) is 1. The summed E-state index contributed by atoms with van der Waals surface area (Å²) in [6.45, 7) is 0.720. The third-order valence-corrected chi connectivity index (χ3v) is 6.35. The molecule has 3 unspecified atom stereocenters. The predicted octanol–water partition coefficient (Wildman–Crippen LogP) is 4.11. The molecule has 3 heterocycles. The van der Waals surface area contributed by atoms with Crippen LogP contribution in [0.2, 0.25) is 5.02 Å². The number of nitrogens with zero attached hydrogens (tertiary/aromatic N) is 1. The number of benzene rings is 1. The van der Waals surface area contributed by atoms with Gasteiger partial charge in [0.15, 0.2) is 0 Å². The van der Waals surface area contributed by atoms with E-state index < -0.39 is 0 Å². The first-order valence-corrected chi connectivity index (χ1v) is 9.30. The number of hydrogen-bond acceptors (Lipinski definition) is 3. The van der Waals surface area contributed by atoms with Crippen LogP contribution in [0, 0.1) is 5.92 Å². The normalized spacial score (nSPS) is 26.3. The Morgan fingerprint density at radius 2 is 1.88 bits per heavy atom. The van der Waals surface area contributed by atoms with E-state index in [0.29, 0.717) is 5.92 Å². The second kappa shape index (κ2) is 6.61. The highest BCUT2D eigenvalue weighted by Gasteiger charge is 2.41. The highest BCUT2D eigenvalue weighted by Crippen LogP contribution is 2.49. The first-order chi connectivity index (χ1) is 11.7. The number of aromatic nitrogens is 1. The van der Waals surface area contributed by atoms with Crippen LogP contribution in [0.3, 0.4) is 0 Å². The van der Waals surface area contributed by atoms with Gasteiger partial charge in [0, 0.05) is 34.8 Å². The summed E-state index contributed by atoms with van der Waals surface area (Å²) < 4.78 is 0. The van der Waals surface area contributed by atoms with E-state index in [1.165, 1.54) is 10.5 Å². The van der Waals surface area contributed by atoms with Crippen molar-refractivity contribution in [2.75, 3.05) is 6.54 Å². The Labute approximate surface area is 150 Å². The molecule has 4 rings (SSSR count). The molecule has 2 aliphatic heterocycles. The van der Waals surface area contributed by atoms with Gasteiger partial charge in [0.1, 0.15) is 0 Å². The van der Waals surface area contributed by atoms with Crippen LogP contribution in [-0.4, -0.2) is 22.7 Å². The predicted molar refractivity (Wildman–Crippen MR) is 98.9 cm³/mol. The monoisotopic (exact) mass is 356 g/mol. The highest BCUT2D eigenvalue weighted by atomic mass is 35.5. The molecule has 24 heavy (non-hydrogen) atoms. The Kier molecular flexibility index (Phi) is 4.33. The first-order valence-electron chi connectivity index (χ1n) is 8.04. The van der Waals surface area contributed by atoms with Crippen molar-refractivity contribution < 1.29 is 4.79 Å². The molecule has 2 aliphatic rings. The van der Waals surface area contributed by atoms with E-state index in [0.717, 1.165) is 23.6 Å². The zero-order valence-corrected chi connectivity index (χ0v) is 14.6. The molecule has 3 atom stereocenters. The number of halogens is 1. The lowest BCUT2D eigenvalue weighted by atomic mass is 9.82. The van der Waals surface area contributed by atoms with Gasteiger partial charge in [0.2, 0.25) is 5.91 Å². The molecule has 1 aromatic heterocycles. The molecule has 122 valence electrons. The van der Waals surface area contributed by atoms with Gasteiger partial charge < -0.3 is 5.32 Å². The number of carbonyl (C=O) groups excluding carboxylic acids is 1. The molecule has 0 spiro atoms. The van der Waals surface area contributed by atoms with Gasteiger partial charge in [-0.15, -0.1) is 11.8 Å². The molecule has 1 N–H and O–H groups in total. The molecule has 3 nitrogen and oxygen atoms in total. The standard InChI is InChI=1S/C19H17ClN2OS/c20-14-3-1-12(2-4-14)15-7-10-22-19(23)18-16(15)11-17(24-18)13-5-8-21-9-6-13/h1-6,8-9,11,15-16,18H,7,10H2,(H,22,23). The summed E-state index contributed by atoms with van der Waals surface area (Å²) in [6, 6.07) is 12.0. The Morgan fingerprint density at radius 3 is 2.62 bits per heavy atom. The number of amides is 1. The van der Waals surface area contributed by atoms with E-state index in [9.17, 15) is 4.79 Å². The Bertz CT molecular complexity index is 776. The average molecular weight is 357 g/mol. The summed E-state index contributed by atoms with van der Waals surface area (Å²) in [5.41, 5.74) is 2.38. The lowest BCUT2D eigenvalue weighted by Gasteiger charge is -2.23. The van der Waals surface area contributed by atoms with Gasteiger partial charge in [-0.3, -0.25) is 9.78 Å². The lowest BCUT2D eigenvalue weighted by molar-refractivity contribution is -0.120. The second-order valence-corrected chi connectivity index (χ2v) is 7.74. The fraction of sp³-hybridized carbons (Fsp3) is 0.263. The van der Waals surface area contributed by atoms with Crippen LogP contribution in [0.5, 0.6) is 0 Å². The average Bonchev–Trinajstić information content (AvgIpc) is 2.99. The largest absolute Gasteiger partial charge is 0.355 e. The van der Waals surface area contributed by atoms with Crippen LogP contribution >= 0.6 is 23.4 Å². The van der Waals surface area contributed by atoms with Crippen molar-refractivity contribution in [1.82, 2.24) is 10.3 Å². The second-order valence-electron chi connectivity index (χ2n) is 6.12. The van der Waals surface area contributed by atoms with E-state index in [1.54, 1.807) is 24.2 Å². The minimum Gasteiger partial charge on any atom is -0.355 e. The molecule has 0 aliphatic carbocycles. The molecule has 0 radical (unpaired) electrons. The van der Waals surface area contributed by atoms with Gasteiger partial charge in [-0.2, -0.15) is 0 Å². The van der Waals surface area contributed by atoms with Crippen molar-refractivity contribution in [3.63, 3.8) is 0 Å². The maximum Gasteiger partial charge on any atom is 0.234 e. The van der Waals surface area contributed by atoms with Crippen LogP contribution < -0.4 is 5.32 Å². The summed E-state index contributed by atoms with van der Waals surface area (Å²) >= 11 is 7.70. The number of allylic oxidation sites excluding steroid dienone is 1. The van der Waals surface area contributed by atoms with E-state index >= 15 is 0 Å². The number of rotatable bonds is 2. The summed E-state index contributed by atoms with van der Waals surface area (Å²) in [7, 11) is 0. The van der Waals surface area contributed by atoms with E-state index in [2.05, 4.69) is 28.5 Å². The molecule has 5 heteroatoms. The Hall–Kier alpha value is -1.78. The Balaban J connectivity index is 1.71. The molecule has 1 aromatic carbocycles. The minimum atomic E-state index is -0.0728. The quantitative estimate of drug-likeness (QED) is 0.880. The summed E-state index contributed by atoms with van der Waals surface area (Å²) in [5.74, 6) is 0.654.